The first kappa shape index (κ1) is 15.6. The van der Waals surface area contributed by atoms with E-state index in [1.54, 1.807) is 0 Å². The van der Waals surface area contributed by atoms with Crippen molar-refractivity contribution in [1.82, 2.24) is 9.80 Å². The fourth-order valence-electron chi connectivity index (χ4n) is 2.44. The summed E-state index contributed by atoms with van der Waals surface area (Å²) < 4.78 is 26.8. The number of piperazine rings is 1. The molecule has 116 valence electrons. The number of likely N-dealkylation sites (N-methyl/N-ethyl adjacent to an activating group) is 2. The molecule has 0 aromatic heterocycles. The summed E-state index contributed by atoms with van der Waals surface area (Å²) in [5, 5.41) is 13.7. The summed E-state index contributed by atoms with van der Waals surface area (Å²) in [4.78, 5) is 14.3. The first-order valence-electron chi connectivity index (χ1n) is 6.64. The molecule has 1 N–H and O–H groups in total. The third-order valence-corrected chi connectivity index (χ3v) is 3.72. The van der Waals surface area contributed by atoms with Gasteiger partial charge in [0.1, 0.15) is 11.5 Å². The number of nitrogens with zero attached hydrogens (tertiary/aromatic N) is 3. The van der Waals surface area contributed by atoms with Gasteiger partial charge in [-0.3, -0.25) is 15.0 Å². The maximum absolute atomic E-state index is 13.5. The van der Waals surface area contributed by atoms with Crippen LogP contribution in [0.25, 0.3) is 0 Å². The van der Waals surface area contributed by atoms with Gasteiger partial charge in [0.15, 0.2) is 0 Å². The first-order valence-corrected chi connectivity index (χ1v) is 6.64. The Hall–Kier alpha value is -1.80. The first-order chi connectivity index (χ1) is 9.88. The standard InChI is InChI=1S/C13H18F2N4O2/c1-17-3-4-18(2)10(8-17)7-16-12-6-9(14)5-11(15)13(12)19(20)21/h5-6,10,16H,3-4,7-8H2,1-2H3. The minimum atomic E-state index is -1.17. The Labute approximate surface area is 121 Å². The highest BCUT2D eigenvalue weighted by Crippen LogP contribution is 2.28. The second-order valence-corrected chi connectivity index (χ2v) is 5.32. The highest BCUT2D eigenvalue weighted by Gasteiger charge is 2.25. The summed E-state index contributed by atoms with van der Waals surface area (Å²) in [6, 6.07) is 1.59. The number of halogens is 2. The second kappa shape index (κ2) is 6.31. The lowest BCUT2D eigenvalue weighted by molar-refractivity contribution is -0.386. The smallest absolute Gasteiger partial charge is 0.327 e. The molecule has 1 saturated heterocycles. The molecule has 1 unspecified atom stereocenters. The fourth-order valence-corrected chi connectivity index (χ4v) is 2.44. The van der Waals surface area contributed by atoms with Crippen LogP contribution in [0.15, 0.2) is 12.1 Å². The quantitative estimate of drug-likeness (QED) is 0.675. The van der Waals surface area contributed by atoms with Gasteiger partial charge in [0.05, 0.1) is 4.92 Å². The summed E-state index contributed by atoms with van der Waals surface area (Å²) in [7, 11) is 3.95. The van der Waals surface area contributed by atoms with Crippen molar-refractivity contribution in [2.45, 2.75) is 6.04 Å². The molecule has 0 bridgehead atoms. The Morgan fingerprint density at radius 1 is 1.38 bits per heavy atom. The molecule has 1 heterocycles. The predicted molar refractivity (Wildman–Crippen MR) is 75.4 cm³/mol. The highest BCUT2D eigenvalue weighted by atomic mass is 19.1. The zero-order chi connectivity index (χ0) is 15.6. The average molecular weight is 300 g/mol. The number of nitro benzene ring substituents is 1. The Morgan fingerprint density at radius 3 is 2.76 bits per heavy atom. The molecule has 0 amide bonds. The molecule has 1 fully saturated rings. The van der Waals surface area contributed by atoms with Crippen molar-refractivity contribution in [2.75, 3.05) is 45.6 Å². The van der Waals surface area contributed by atoms with Gasteiger partial charge in [-0.1, -0.05) is 0 Å². The number of rotatable bonds is 4. The van der Waals surface area contributed by atoms with Gasteiger partial charge in [0.2, 0.25) is 5.82 Å². The van der Waals surface area contributed by atoms with E-state index in [9.17, 15) is 18.9 Å². The Morgan fingerprint density at radius 2 is 2.10 bits per heavy atom. The van der Waals surface area contributed by atoms with Crippen LogP contribution in [0.3, 0.4) is 0 Å². The van der Waals surface area contributed by atoms with Gasteiger partial charge in [-0.15, -0.1) is 0 Å². The molecule has 1 aliphatic rings. The summed E-state index contributed by atoms with van der Waals surface area (Å²) in [5.41, 5.74) is -0.845. The number of hydrogen-bond donors (Lipinski definition) is 1. The molecule has 1 aromatic rings. The van der Waals surface area contributed by atoms with E-state index in [1.807, 2.05) is 14.1 Å². The van der Waals surface area contributed by atoms with E-state index in [0.29, 0.717) is 12.6 Å². The van der Waals surface area contributed by atoms with Crippen LogP contribution in [-0.2, 0) is 0 Å². The van der Waals surface area contributed by atoms with E-state index in [-0.39, 0.29) is 11.7 Å². The van der Waals surface area contributed by atoms with Crippen molar-refractivity contribution in [2.24, 2.45) is 0 Å². The Balaban J connectivity index is 2.14. The third-order valence-electron chi connectivity index (χ3n) is 3.72. The SMILES string of the molecule is CN1CCN(C)C(CNc2cc(F)cc(F)c2[N+](=O)[O-])C1. The summed E-state index contributed by atoms with van der Waals surface area (Å²) in [6.07, 6.45) is 0. The number of hydrogen-bond acceptors (Lipinski definition) is 5. The van der Waals surface area contributed by atoms with Gasteiger partial charge < -0.3 is 10.2 Å². The number of benzene rings is 1. The molecular weight excluding hydrogens is 282 g/mol. The molecule has 8 heteroatoms. The Bertz CT molecular complexity index is 541. The van der Waals surface area contributed by atoms with Gasteiger partial charge in [0.25, 0.3) is 0 Å². The molecule has 0 radical (unpaired) electrons. The van der Waals surface area contributed by atoms with Crippen LogP contribution in [0, 0.1) is 21.7 Å². The van der Waals surface area contributed by atoms with Crippen molar-refractivity contribution in [1.29, 1.82) is 0 Å². The Kier molecular flexibility index (Phi) is 4.69. The van der Waals surface area contributed by atoms with E-state index in [0.717, 1.165) is 25.7 Å². The second-order valence-electron chi connectivity index (χ2n) is 5.32. The van der Waals surface area contributed by atoms with Crippen LogP contribution in [-0.4, -0.2) is 61.0 Å². The molecule has 21 heavy (non-hydrogen) atoms. The van der Waals surface area contributed by atoms with Crippen molar-refractivity contribution in [3.63, 3.8) is 0 Å². The van der Waals surface area contributed by atoms with Gasteiger partial charge in [-0.25, -0.2) is 4.39 Å². The van der Waals surface area contributed by atoms with Crippen LogP contribution in [0.4, 0.5) is 20.2 Å². The molecular formula is C13H18F2N4O2. The molecule has 0 saturated carbocycles. The normalized spacial score (nSPS) is 20.5. The summed E-state index contributed by atoms with van der Waals surface area (Å²) in [6.45, 7) is 2.99. The molecule has 2 rings (SSSR count). The molecule has 1 aliphatic heterocycles. The van der Waals surface area contributed by atoms with E-state index in [1.165, 1.54) is 0 Å². The number of nitrogens with one attached hydrogen (secondary N) is 1. The molecule has 0 spiro atoms. The summed E-state index contributed by atoms with van der Waals surface area (Å²) in [5.74, 6) is -2.01. The topological polar surface area (TPSA) is 61.6 Å². The molecule has 6 nitrogen and oxygen atoms in total. The van der Waals surface area contributed by atoms with Gasteiger partial charge >= 0.3 is 5.69 Å². The lowest BCUT2D eigenvalue weighted by atomic mass is 10.1. The molecule has 0 aliphatic carbocycles. The zero-order valence-electron chi connectivity index (χ0n) is 12.0. The predicted octanol–water partition coefficient (Wildman–Crippen LogP) is 1.53. The van der Waals surface area contributed by atoms with E-state index in [2.05, 4.69) is 15.1 Å². The molecule has 1 atom stereocenters. The van der Waals surface area contributed by atoms with Crippen molar-refractivity contribution < 1.29 is 13.7 Å². The van der Waals surface area contributed by atoms with Crippen LogP contribution in [0.5, 0.6) is 0 Å². The molecule has 1 aromatic carbocycles. The van der Waals surface area contributed by atoms with Crippen LogP contribution >= 0.6 is 0 Å². The lowest BCUT2D eigenvalue weighted by Gasteiger charge is -2.37. The number of nitro groups is 1. The van der Waals surface area contributed by atoms with Crippen LogP contribution in [0.1, 0.15) is 0 Å². The van der Waals surface area contributed by atoms with Crippen LogP contribution < -0.4 is 5.32 Å². The maximum atomic E-state index is 13.5. The fraction of sp³-hybridized carbons (Fsp3) is 0.538. The van der Waals surface area contributed by atoms with Crippen molar-refractivity contribution >= 4 is 11.4 Å². The van der Waals surface area contributed by atoms with Crippen LogP contribution in [0.2, 0.25) is 0 Å². The monoisotopic (exact) mass is 300 g/mol. The van der Waals surface area contributed by atoms with Gasteiger partial charge in [-0.05, 0) is 14.1 Å². The van der Waals surface area contributed by atoms with Crippen molar-refractivity contribution in [3.8, 4) is 0 Å². The zero-order valence-corrected chi connectivity index (χ0v) is 12.0. The largest absolute Gasteiger partial charge is 0.378 e. The van der Waals surface area contributed by atoms with E-state index < -0.39 is 22.2 Å². The van der Waals surface area contributed by atoms with E-state index >= 15 is 0 Å². The average Bonchev–Trinajstić information content (AvgIpc) is 2.38. The minimum Gasteiger partial charge on any atom is -0.378 e. The lowest BCUT2D eigenvalue weighted by Crippen LogP contribution is -2.52. The number of anilines is 1. The van der Waals surface area contributed by atoms with Gasteiger partial charge in [0, 0.05) is 44.4 Å². The maximum Gasteiger partial charge on any atom is 0.327 e. The van der Waals surface area contributed by atoms with Crippen molar-refractivity contribution in [3.05, 3.63) is 33.9 Å². The highest BCUT2D eigenvalue weighted by molar-refractivity contribution is 5.62. The van der Waals surface area contributed by atoms with E-state index in [4.69, 9.17) is 0 Å². The van der Waals surface area contributed by atoms with Gasteiger partial charge in [-0.2, -0.15) is 4.39 Å². The minimum absolute atomic E-state index is 0.120. The third kappa shape index (κ3) is 3.64. The summed E-state index contributed by atoms with van der Waals surface area (Å²) >= 11 is 0.